The molecular formula is C23H38O5. The van der Waals surface area contributed by atoms with Gasteiger partial charge in [0.1, 0.15) is 0 Å². The largest absolute Gasteiger partial charge is 0.469 e. The van der Waals surface area contributed by atoms with E-state index in [0.29, 0.717) is 19.3 Å². The Morgan fingerprint density at radius 3 is 2.64 bits per heavy atom. The minimum Gasteiger partial charge on any atom is -0.469 e. The molecule has 0 saturated heterocycles. The number of ether oxygens (including phenoxy) is 1. The lowest BCUT2D eigenvalue weighted by Gasteiger charge is -2.19. The van der Waals surface area contributed by atoms with Crippen LogP contribution in [0.2, 0.25) is 0 Å². The molecule has 1 fully saturated rings. The van der Waals surface area contributed by atoms with Gasteiger partial charge in [-0.15, -0.1) is 0 Å². The van der Waals surface area contributed by atoms with E-state index in [4.69, 9.17) is 0 Å². The summed E-state index contributed by atoms with van der Waals surface area (Å²) in [6.07, 6.45) is 17.0. The molecular weight excluding hydrogens is 356 g/mol. The zero-order valence-corrected chi connectivity index (χ0v) is 17.4. The number of aliphatic hydroxyl groups is 3. The summed E-state index contributed by atoms with van der Waals surface area (Å²) in [6.45, 7) is 2.14. The first-order chi connectivity index (χ1) is 13.5. The number of rotatable bonds is 13. The smallest absolute Gasteiger partial charge is 0.305 e. The molecule has 1 aliphatic carbocycles. The SMILES string of the molecule is CCCCC[C@H](O)/C=C/C=C/[C@@H]1[C@@H](C/C=C\CCCC(=O)OC)[C@@H](O)C[C@H]1O. The molecule has 1 aliphatic rings. The lowest BCUT2D eigenvalue weighted by atomic mass is 9.90. The van der Waals surface area contributed by atoms with Crippen LogP contribution in [0.5, 0.6) is 0 Å². The first kappa shape index (κ1) is 24.6. The molecule has 0 amide bonds. The van der Waals surface area contributed by atoms with Crippen LogP contribution < -0.4 is 0 Å². The summed E-state index contributed by atoms with van der Waals surface area (Å²) in [5.41, 5.74) is 0. The Morgan fingerprint density at radius 2 is 1.93 bits per heavy atom. The van der Waals surface area contributed by atoms with Crippen LogP contribution in [0.4, 0.5) is 0 Å². The maximum atomic E-state index is 11.1. The quantitative estimate of drug-likeness (QED) is 0.192. The Balaban J connectivity index is 2.44. The van der Waals surface area contributed by atoms with E-state index in [2.05, 4.69) is 11.7 Å². The van der Waals surface area contributed by atoms with Crippen molar-refractivity contribution in [2.45, 2.75) is 83.0 Å². The van der Waals surface area contributed by atoms with Crippen molar-refractivity contribution in [3.63, 3.8) is 0 Å². The molecule has 0 spiro atoms. The van der Waals surface area contributed by atoms with Gasteiger partial charge in [-0.25, -0.2) is 0 Å². The zero-order chi connectivity index (χ0) is 20.8. The molecule has 0 radical (unpaired) electrons. The van der Waals surface area contributed by atoms with Gasteiger partial charge < -0.3 is 20.1 Å². The van der Waals surface area contributed by atoms with Crippen LogP contribution in [-0.4, -0.2) is 46.7 Å². The second-order valence-electron chi connectivity index (χ2n) is 7.62. The summed E-state index contributed by atoms with van der Waals surface area (Å²) < 4.78 is 4.61. The average Bonchev–Trinajstić information content (AvgIpc) is 2.94. The van der Waals surface area contributed by atoms with Crippen LogP contribution in [0, 0.1) is 11.8 Å². The predicted octanol–water partition coefficient (Wildman–Crippen LogP) is 3.69. The molecule has 0 heterocycles. The first-order valence-electron chi connectivity index (χ1n) is 10.6. The summed E-state index contributed by atoms with van der Waals surface area (Å²) in [5.74, 6) is -0.320. The van der Waals surface area contributed by atoms with Crippen molar-refractivity contribution >= 4 is 5.97 Å². The van der Waals surface area contributed by atoms with E-state index in [9.17, 15) is 20.1 Å². The minimum atomic E-state index is -0.549. The van der Waals surface area contributed by atoms with E-state index in [1.54, 1.807) is 6.08 Å². The number of carbonyl (C=O) groups is 1. The van der Waals surface area contributed by atoms with Crippen molar-refractivity contribution in [3.05, 3.63) is 36.5 Å². The number of methoxy groups -OCH3 is 1. The van der Waals surface area contributed by atoms with Crippen LogP contribution in [-0.2, 0) is 9.53 Å². The highest BCUT2D eigenvalue weighted by atomic mass is 16.5. The topological polar surface area (TPSA) is 87.0 Å². The first-order valence-corrected chi connectivity index (χ1v) is 10.6. The number of unbranched alkanes of at least 4 members (excludes halogenated alkanes) is 3. The van der Waals surface area contributed by atoms with Crippen LogP contribution >= 0.6 is 0 Å². The van der Waals surface area contributed by atoms with Crippen molar-refractivity contribution in [2.24, 2.45) is 11.8 Å². The molecule has 5 atom stereocenters. The third-order valence-electron chi connectivity index (χ3n) is 5.35. The van der Waals surface area contributed by atoms with Gasteiger partial charge in [-0.05, 0) is 31.6 Å². The molecule has 0 aromatic rings. The van der Waals surface area contributed by atoms with Gasteiger partial charge in [0.15, 0.2) is 0 Å². The van der Waals surface area contributed by atoms with Crippen molar-refractivity contribution < 1.29 is 24.9 Å². The van der Waals surface area contributed by atoms with Gasteiger partial charge >= 0.3 is 5.97 Å². The summed E-state index contributed by atoms with van der Waals surface area (Å²) in [4.78, 5) is 11.1. The van der Waals surface area contributed by atoms with E-state index in [1.165, 1.54) is 7.11 Å². The van der Waals surface area contributed by atoms with E-state index in [1.807, 2.05) is 30.4 Å². The van der Waals surface area contributed by atoms with Crippen molar-refractivity contribution in [1.82, 2.24) is 0 Å². The molecule has 0 aromatic heterocycles. The molecule has 28 heavy (non-hydrogen) atoms. The zero-order valence-electron chi connectivity index (χ0n) is 17.4. The molecule has 0 bridgehead atoms. The van der Waals surface area contributed by atoms with E-state index in [0.717, 1.165) is 38.5 Å². The number of allylic oxidation sites excluding steroid dienone is 4. The Kier molecular flexibility index (Phi) is 12.8. The molecule has 0 unspecified atom stereocenters. The fourth-order valence-corrected chi connectivity index (χ4v) is 3.63. The average molecular weight is 395 g/mol. The third kappa shape index (κ3) is 9.67. The molecule has 160 valence electrons. The number of hydrogen-bond donors (Lipinski definition) is 3. The van der Waals surface area contributed by atoms with E-state index < -0.39 is 18.3 Å². The highest BCUT2D eigenvalue weighted by molar-refractivity contribution is 5.69. The van der Waals surface area contributed by atoms with Gasteiger partial charge in [0.25, 0.3) is 0 Å². The van der Waals surface area contributed by atoms with Crippen molar-refractivity contribution in [3.8, 4) is 0 Å². The van der Waals surface area contributed by atoms with E-state index >= 15 is 0 Å². The van der Waals surface area contributed by atoms with Gasteiger partial charge in [-0.2, -0.15) is 0 Å². The van der Waals surface area contributed by atoms with Crippen LogP contribution in [0.3, 0.4) is 0 Å². The van der Waals surface area contributed by atoms with Crippen LogP contribution in [0.15, 0.2) is 36.5 Å². The van der Waals surface area contributed by atoms with Crippen molar-refractivity contribution in [2.75, 3.05) is 7.11 Å². The Morgan fingerprint density at radius 1 is 1.14 bits per heavy atom. The standard InChI is InChI=1S/C23H38O5/c1-3-4-7-12-18(24)13-10-11-15-20-19(21(25)17-22(20)26)14-8-5-6-9-16-23(27)28-2/h5,8,10-11,13,15,18-22,24-26H,3-4,6-7,9,12,14,16-17H2,1-2H3/b8-5-,13-10+,15-11+/t18-,19+,20+,21-,22+/m0/s1. The normalized spacial score (nSPS) is 26.6. The van der Waals surface area contributed by atoms with Gasteiger partial charge in [0, 0.05) is 18.8 Å². The van der Waals surface area contributed by atoms with Gasteiger partial charge in [0.05, 0.1) is 25.4 Å². The Bertz CT molecular complexity index is 511. The molecule has 0 aliphatic heterocycles. The molecule has 1 saturated carbocycles. The molecule has 3 N–H and O–H groups in total. The number of esters is 1. The van der Waals surface area contributed by atoms with Crippen LogP contribution in [0.1, 0.15) is 64.7 Å². The summed E-state index contributed by atoms with van der Waals surface area (Å²) in [6, 6.07) is 0. The lowest BCUT2D eigenvalue weighted by molar-refractivity contribution is -0.140. The second kappa shape index (κ2) is 14.6. The highest BCUT2D eigenvalue weighted by Crippen LogP contribution is 2.36. The van der Waals surface area contributed by atoms with Gasteiger partial charge in [0.2, 0.25) is 0 Å². The van der Waals surface area contributed by atoms with Gasteiger partial charge in [-0.1, -0.05) is 62.6 Å². The van der Waals surface area contributed by atoms with Crippen LogP contribution in [0.25, 0.3) is 0 Å². The maximum absolute atomic E-state index is 11.1. The monoisotopic (exact) mass is 394 g/mol. The number of hydrogen-bond acceptors (Lipinski definition) is 5. The molecule has 5 nitrogen and oxygen atoms in total. The lowest BCUT2D eigenvalue weighted by Crippen LogP contribution is -2.19. The molecule has 1 rings (SSSR count). The molecule has 5 heteroatoms. The summed E-state index contributed by atoms with van der Waals surface area (Å²) >= 11 is 0. The molecule has 0 aromatic carbocycles. The maximum Gasteiger partial charge on any atom is 0.305 e. The predicted molar refractivity (Wildman–Crippen MR) is 112 cm³/mol. The Hall–Kier alpha value is -1.43. The summed E-state index contributed by atoms with van der Waals surface area (Å²) in [5, 5.41) is 30.4. The summed E-state index contributed by atoms with van der Waals surface area (Å²) in [7, 11) is 1.39. The fourth-order valence-electron chi connectivity index (χ4n) is 3.63. The number of carbonyl (C=O) groups excluding carboxylic acids is 1. The van der Waals surface area contributed by atoms with Gasteiger partial charge in [-0.3, -0.25) is 4.79 Å². The minimum absolute atomic E-state index is 0.0222. The third-order valence-corrected chi connectivity index (χ3v) is 5.35. The fraction of sp³-hybridized carbons (Fsp3) is 0.696. The van der Waals surface area contributed by atoms with Crippen molar-refractivity contribution in [1.29, 1.82) is 0 Å². The van der Waals surface area contributed by atoms with E-state index in [-0.39, 0.29) is 17.8 Å². The number of aliphatic hydroxyl groups excluding tert-OH is 3. The highest BCUT2D eigenvalue weighted by Gasteiger charge is 2.39. The second-order valence-corrected chi connectivity index (χ2v) is 7.62. The Labute approximate surface area is 169 Å².